The van der Waals surface area contributed by atoms with E-state index >= 15 is 0 Å². The summed E-state index contributed by atoms with van der Waals surface area (Å²) in [6, 6.07) is 13.6. The number of anilines is 2. The van der Waals surface area contributed by atoms with Crippen molar-refractivity contribution in [1.29, 1.82) is 0 Å². The van der Waals surface area contributed by atoms with Gasteiger partial charge in [-0.05, 0) is 24.3 Å². The number of nitrogens with zero attached hydrogens (tertiary/aromatic N) is 3. The molecule has 0 aliphatic heterocycles. The Morgan fingerprint density at radius 3 is 2.47 bits per heavy atom. The third kappa shape index (κ3) is 5.26. The first kappa shape index (κ1) is 23.4. The minimum Gasteiger partial charge on any atom is -0.493 e. The molecule has 9 heteroatoms. The van der Waals surface area contributed by atoms with E-state index in [-0.39, 0.29) is 5.41 Å². The van der Waals surface area contributed by atoms with Crippen LogP contribution in [0.25, 0.3) is 10.9 Å². The van der Waals surface area contributed by atoms with Gasteiger partial charge in [0.15, 0.2) is 17.3 Å². The summed E-state index contributed by atoms with van der Waals surface area (Å²) in [6.07, 6.45) is 1.55. The lowest BCUT2D eigenvalue weighted by molar-refractivity contribution is 0.331. The number of methoxy groups -OCH3 is 2. The lowest BCUT2D eigenvalue weighted by atomic mass is 9.93. The standard InChI is InChI=1S/C25H27N5O3S/c1-15(29-23-13-22(33-30-23)25(2,3)4)28-16-8-7-9-17(10-16)34-24-18-11-20(31-5)21(32-6)12-19(18)26-14-27-24/h7-14,28H,1H2,2-6H3,(H,29,30). The van der Waals surface area contributed by atoms with E-state index in [1.54, 1.807) is 20.5 Å². The molecule has 0 radical (unpaired) electrons. The normalized spacial score (nSPS) is 11.3. The maximum atomic E-state index is 5.45. The summed E-state index contributed by atoms with van der Waals surface area (Å²) in [5.41, 5.74) is 1.54. The number of aromatic nitrogens is 3. The molecule has 0 saturated heterocycles. The maximum Gasteiger partial charge on any atom is 0.175 e. The zero-order chi connectivity index (χ0) is 24.3. The number of hydrogen-bond acceptors (Lipinski definition) is 9. The lowest BCUT2D eigenvalue weighted by Crippen LogP contribution is -2.10. The molecule has 2 aromatic heterocycles. The van der Waals surface area contributed by atoms with Crippen LogP contribution in [-0.2, 0) is 5.41 Å². The molecule has 0 fully saturated rings. The van der Waals surface area contributed by atoms with E-state index in [2.05, 4.69) is 53.1 Å². The van der Waals surface area contributed by atoms with Crippen molar-refractivity contribution in [1.82, 2.24) is 15.1 Å². The van der Waals surface area contributed by atoms with Crippen LogP contribution >= 0.6 is 11.8 Å². The van der Waals surface area contributed by atoms with Gasteiger partial charge >= 0.3 is 0 Å². The summed E-state index contributed by atoms with van der Waals surface area (Å²) in [4.78, 5) is 9.87. The van der Waals surface area contributed by atoms with E-state index in [0.29, 0.717) is 23.1 Å². The van der Waals surface area contributed by atoms with Crippen molar-refractivity contribution in [2.24, 2.45) is 0 Å². The molecule has 0 atom stereocenters. The summed E-state index contributed by atoms with van der Waals surface area (Å²) >= 11 is 1.54. The van der Waals surface area contributed by atoms with Crippen LogP contribution in [0.4, 0.5) is 11.5 Å². The molecule has 0 amide bonds. The van der Waals surface area contributed by atoms with Crippen LogP contribution in [0.5, 0.6) is 11.5 Å². The van der Waals surface area contributed by atoms with Gasteiger partial charge in [-0.25, -0.2) is 9.97 Å². The molecule has 0 aliphatic rings. The number of hydrogen-bond donors (Lipinski definition) is 2. The Hall–Kier alpha value is -3.72. The molecule has 0 unspecified atom stereocenters. The van der Waals surface area contributed by atoms with E-state index in [1.807, 2.05) is 42.5 Å². The zero-order valence-electron chi connectivity index (χ0n) is 19.8. The Labute approximate surface area is 202 Å². The molecular formula is C25H27N5O3S. The van der Waals surface area contributed by atoms with Crippen LogP contribution in [0.15, 0.2) is 75.6 Å². The van der Waals surface area contributed by atoms with Gasteiger partial charge in [-0.1, -0.05) is 50.3 Å². The second-order valence-electron chi connectivity index (χ2n) is 8.59. The highest BCUT2D eigenvalue weighted by atomic mass is 32.2. The van der Waals surface area contributed by atoms with Crippen molar-refractivity contribution in [2.45, 2.75) is 36.1 Å². The minimum absolute atomic E-state index is 0.117. The molecule has 0 spiro atoms. The van der Waals surface area contributed by atoms with Crippen LogP contribution in [0.1, 0.15) is 26.5 Å². The van der Waals surface area contributed by atoms with Crippen molar-refractivity contribution in [3.8, 4) is 11.5 Å². The summed E-state index contributed by atoms with van der Waals surface area (Å²) < 4.78 is 16.3. The Morgan fingerprint density at radius 2 is 1.76 bits per heavy atom. The Kier molecular flexibility index (Phi) is 6.65. The quantitative estimate of drug-likeness (QED) is 0.293. The average molecular weight is 478 g/mol. The third-order valence-electron chi connectivity index (χ3n) is 4.98. The van der Waals surface area contributed by atoms with Crippen molar-refractivity contribution in [3.63, 3.8) is 0 Å². The van der Waals surface area contributed by atoms with Crippen molar-refractivity contribution in [3.05, 3.63) is 67.0 Å². The fraction of sp³-hybridized carbons (Fsp3) is 0.240. The lowest BCUT2D eigenvalue weighted by Gasteiger charge is -2.13. The largest absolute Gasteiger partial charge is 0.493 e. The first-order valence-electron chi connectivity index (χ1n) is 10.6. The number of rotatable bonds is 8. The Balaban J connectivity index is 1.50. The molecule has 34 heavy (non-hydrogen) atoms. The van der Waals surface area contributed by atoms with Gasteiger partial charge in [0.2, 0.25) is 0 Å². The molecule has 2 N–H and O–H groups in total. The number of nitrogens with one attached hydrogen (secondary N) is 2. The molecule has 2 heterocycles. The first-order valence-corrected chi connectivity index (χ1v) is 11.4. The van der Waals surface area contributed by atoms with Gasteiger partial charge in [-0.15, -0.1) is 0 Å². The van der Waals surface area contributed by atoms with Crippen LogP contribution in [0.3, 0.4) is 0 Å². The van der Waals surface area contributed by atoms with E-state index in [4.69, 9.17) is 14.0 Å². The minimum atomic E-state index is -0.117. The van der Waals surface area contributed by atoms with Crippen molar-refractivity contribution in [2.75, 3.05) is 24.9 Å². The Morgan fingerprint density at radius 1 is 1.00 bits per heavy atom. The summed E-state index contributed by atoms with van der Waals surface area (Å²) in [6.45, 7) is 10.3. The van der Waals surface area contributed by atoms with E-state index in [9.17, 15) is 0 Å². The van der Waals surface area contributed by atoms with Gasteiger partial charge in [0.05, 0.1) is 19.7 Å². The van der Waals surface area contributed by atoms with Crippen LogP contribution in [0.2, 0.25) is 0 Å². The predicted molar refractivity (Wildman–Crippen MR) is 135 cm³/mol. The van der Waals surface area contributed by atoms with Crippen LogP contribution in [-0.4, -0.2) is 29.3 Å². The van der Waals surface area contributed by atoms with Crippen molar-refractivity contribution < 1.29 is 14.0 Å². The fourth-order valence-corrected chi connectivity index (χ4v) is 4.17. The molecule has 0 aliphatic carbocycles. The summed E-state index contributed by atoms with van der Waals surface area (Å²) in [5, 5.41) is 12.2. The second-order valence-corrected chi connectivity index (χ2v) is 9.65. The first-order chi connectivity index (χ1) is 16.3. The topological polar surface area (TPSA) is 94.3 Å². The highest BCUT2D eigenvalue weighted by Crippen LogP contribution is 2.37. The fourth-order valence-electron chi connectivity index (χ4n) is 3.24. The number of ether oxygens (including phenoxy) is 2. The molecule has 2 aromatic carbocycles. The van der Waals surface area contributed by atoms with Gasteiger partial charge < -0.3 is 24.6 Å². The smallest absolute Gasteiger partial charge is 0.175 e. The molecule has 4 aromatic rings. The molecule has 4 rings (SSSR count). The van der Waals surface area contributed by atoms with E-state index in [0.717, 1.165) is 32.3 Å². The van der Waals surface area contributed by atoms with Gasteiger partial charge in [0, 0.05) is 33.5 Å². The maximum absolute atomic E-state index is 5.45. The van der Waals surface area contributed by atoms with Crippen LogP contribution < -0.4 is 20.1 Å². The highest BCUT2D eigenvalue weighted by Gasteiger charge is 2.20. The zero-order valence-corrected chi connectivity index (χ0v) is 20.6. The number of benzene rings is 2. The van der Waals surface area contributed by atoms with E-state index in [1.165, 1.54) is 11.8 Å². The molecule has 0 saturated carbocycles. The Bertz CT molecular complexity index is 1330. The predicted octanol–water partition coefficient (Wildman–Crippen LogP) is 6.08. The van der Waals surface area contributed by atoms with Gasteiger partial charge in [-0.2, -0.15) is 0 Å². The highest BCUT2D eigenvalue weighted by molar-refractivity contribution is 7.99. The summed E-state index contributed by atoms with van der Waals surface area (Å²) in [5.74, 6) is 3.24. The van der Waals surface area contributed by atoms with Gasteiger partial charge in [-0.3, -0.25) is 0 Å². The number of fused-ring (bicyclic) bond motifs is 1. The SMILES string of the molecule is C=C(Nc1cccc(Sc2ncnc3cc(OC)c(OC)cc23)c1)Nc1cc(C(C)(C)C)on1. The molecule has 176 valence electrons. The van der Waals surface area contributed by atoms with Gasteiger partial charge in [0.1, 0.15) is 22.9 Å². The average Bonchev–Trinajstić information content (AvgIpc) is 3.27. The summed E-state index contributed by atoms with van der Waals surface area (Å²) in [7, 11) is 3.22. The molecule has 8 nitrogen and oxygen atoms in total. The monoisotopic (exact) mass is 477 g/mol. The molecule has 0 bridgehead atoms. The third-order valence-corrected chi connectivity index (χ3v) is 5.98. The van der Waals surface area contributed by atoms with Crippen molar-refractivity contribution >= 4 is 34.2 Å². The second kappa shape index (κ2) is 9.64. The van der Waals surface area contributed by atoms with E-state index < -0.39 is 0 Å². The van der Waals surface area contributed by atoms with Crippen LogP contribution in [0, 0.1) is 0 Å². The van der Waals surface area contributed by atoms with Gasteiger partial charge in [0.25, 0.3) is 0 Å². The molecular weight excluding hydrogens is 450 g/mol.